The van der Waals surface area contributed by atoms with E-state index in [2.05, 4.69) is 15.6 Å². The summed E-state index contributed by atoms with van der Waals surface area (Å²) in [6.45, 7) is 0.675. The van der Waals surface area contributed by atoms with Crippen molar-refractivity contribution in [1.29, 1.82) is 0 Å². The number of urea groups is 1. The first-order chi connectivity index (χ1) is 12.5. The van der Waals surface area contributed by atoms with Crippen molar-refractivity contribution in [2.75, 3.05) is 6.54 Å². The van der Waals surface area contributed by atoms with Crippen molar-refractivity contribution in [3.05, 3.63) is 59.4 Å². The van der Waals surface area contributed by atoms with Gasteiger partial charge in [0.05, 0.1) is 11.1 Å². The van der Waals surface area contributed by atoms with Crippen LogP contribution in [0.3, 0.4) is 0 Å². The molecule has 26 heavy (non-hydrogen) atoms. The largest absolute Gasteiger partial charge is 0.334 e. The smallest absolute Gasteiger partial charge is 0.316 e. The Labute approximate surface area is 157 Å². The van der Waals surface area contributed by atoms with Gasteiger partial charge in [0, 0.05) is 30.5 Å². The highest BCUT2D eigenvalue weighted by Crippen LogP contribution is 2.25. The molecule has 0 bridgehead atoms. The van der Waals surface area contributed by atoms with E-state index in [1.165, 1.54) is 28.6 Å². The van der Waals surface area contributed by atoms with Crippen LogP contribution in [0.15, 0.2) is 53.7 Å². The van der Waals surface area contributed by atoms with E-state index in [9.17, 15) is 13.2 Å². The van der Waals surface area contributed by atoms with Crippen molar-refractivity contribution >= 4 is 27.7 Å². The van der Waals surface area contributed by atoms with Gasteiger partial charge >= 0.3 is 6.03 Å². The van der Waals surface area contributed by atoms with Crippen LogP contribution >= 0.6 is 11.6 Å². The lowest BCUT2D eigenvalue weighted by molar-refractivity contribution is 0.228. The standard InChI is InChI=1S/C17H19ClN4O3S/c18-14-5-7-15(8-6-14)26(24,25)22-10-2-4-16(22)21-17(23)20-12-13-3-1-9-19-11-13/h1,3,5-9,11,16H,2,4,10,12H2,(H2,20,21,23)/t16-/m1/s1. The number of rotatable bonds is 5. The van der Waals surface area contributed by atoms with E-state index in [-0.39, 0.29) is 4.90 Å². The molecule has 1 aromatic heterocycles. The predicted octanol–water partition coefficient (Wildman–Crippen LogP) is 2.35. The van der Waals surface area contributed by atoms with E-state index >= 15 is 0 Å². The third kappa shape index (κ3) is 4.32. The normalized spacial score (nSPS) is 17.8. The molecule has 138 valence electrons. The van der Waals surface area contributed by atoms with Crippen LogP contribution < -0.4 is 10.6 Å². The fourth-order valence-electron chi connectivity index (χ4n) is 2.80. The molecular formula is C17H19ClN4O3S. The maximum atomic E-state index is 12.8. The number of sulfonamides is 1. The Kier molecular flexibility index (Phi) is 5.75. The lowest BCUT2D eigenvalue weighted by Gasteiger charge is -2.25. The Morgan fingerprint density at radius 3 is 2.73 bits per heavy atom. The quantitative estimate of drug-likeness (QED) is 0.814. The molecule has 0 unspecified atom stereocenters. The highest BCUT2D eigenvalue weighted by molar-refractivity contribution is 7.89. The fourth-order valence-corrected chi connectivity index (χ4v) is 4.54. The molecule has 2 amide bonds. The summed E-state index contributed by atoms with van der Waals surface area (Å²) >= 11 is 5.83. The number of aromatic nitrogens is 1. The zero-order chi connectivity index (χ0) is 18.6. The van der Waals surface area contributed by atoms with Gasteiger partial charge in [0.2, 0.25) is 10.0 Å². The Morgan fingerprint density at radius 2 is 2.04 bits per heavy atom. The summed E-state index contributed by atoms with van der Waals surface area (Å²) in [5.74, 6) is 0. The number of nitrogens with zero attached hydrogens (tertiary/aromatic N) is 2. The number of amides is 2. The van der Waals surface area contributed by atoms with Crippen LogP contribution in [0.25, 0.3) is 0 Å². The van der Waals surface area contributed by atoms with Crippen molar-refractivity contribution in [3.63, 3.8) is 0 Å². The average molecular weight is 395 g/mol. The maximum Gasteiger partial charge on any atom is 0.316 e. The van der Waals surface area contributed by atoms with E-state index in [0.29, 0.717) is 31.0 Å². The number of carbonyl (C=O) groups excluding carboxylic acids is 1. The number of carbonyl (C=O) groups is 1. The lowest BCUT2D eigenvalue weighted by Crippen LogP contribution is -2.49. The molecule has 2 N–H and O–H groups in total. The Hall–Kier alpha value is -2.16. The van der Waals surface area contributed by atoms with Gasteiger partial charge in [0.15, 0.2) is 0 Å². The number of benzene rings is 1. The third-order valence-electron chi connectivity index (χ3n) is 4.10. The minimum absolute atomic E-state index is 0.159. The van der Waals surface area contributed by atoms with Crippen LogP contribution in [0.2, 0.25) is 5.02 Å². The zero-order valence-corrected chi connectivity index (χ0v) is 15.5. The molecule has 7 nitrogen and oxygen atoms in total. The van der Waals surface area contributed by atoms with Crippen molar-refractivity contribution in [2.45, 2.75) is 30.4 Å². The molecule has 1 aliphatic rings. The van der Waals surface area contributed by atoms with Gasteiger partial charge in [-0.2, -0.15) is 4.31 Å². The van der Waals surface area contributed by atoms with Crippen LogP contribution in [0.5, 0.6) is 0 Å². The van der Waals surface area contributed by atoms with Gasteiger partial charge in [-0.05, 0) is 48.7 Å². The molecule has 2 heterocycles. The van der Waals surface area contributed by atoms with Crippen LogP contribution in [-0.2, 0) is 16.6 Å². The van der Waals surface area contributed by atoms with Crippen molar-refractivity contribution < 1.29 is 13.2 Å². The van der Waals surface area contributed by atoms with Crippen LogP contribution in [0.1, 0.15) is 18.4 Å². The summed E-state index contributed by atoms with van der Waals surface area (Å²) in [5.41, 5.74) is 0.861. The molecule has 0 aliphatic carbocycles. The second-order valence-corrected chi connectivity index (χ2v) is 8.24. The predicted molar refractivity (Wildman–Crippen MR) is 98.0 cm³/mol. The van der Waals surface area contributed by atoms with E-state index in [1.807, 2.05) is 6.07 Å². The molecule has 1 saturated heterocycles. The van der Waals surface area contributed by atoms with Crippen LogP contribution in [0, 0.1) is 0 Å². The summed E-state index contributed by atoms with van der Waals surface area (Å²) in [6.07, 6.45) is 3.98. The molecule has 2 aromatic rings. The third-order valence-corrected chi connectivity index (χ3v) is 6.27. The van der Waals surface area contributed by atoms with E-state index in [4.69, 9.17) is 11.6 Å². The molecule has 1 aliphatic heterocycles. The zero-order valence-electron chi connectivity index (χ0n) is 13.9. The van der Waals surface area contributed by atoms with E-state index in [1.54, 1.807) is 18.5 Å². The first kappa shape index (κ1) is 18.6. The number of halogens is 1. The Balaban J connectivity index is 1.64. The second kappa shape index (κ2) is 8.03. The maximum absolute atomic E-state index is 12.8. The number of hydrogen-bond donors (Lipinski definition) is 2. The molecular weight excluding hydrogens is 376 g/mol. The summed E-state index contributed by atoms with van der Waals surface area (Å²) in [6, 6.07) is 9.22. The van der Waals surface area contributed by atoms with Crippen molar-refractivity contribution in [2.24, 2.45) is 0 Å². The van der Waals surface area contributed by atoms with Crippen LogP contribution in [-0.4, -0.2) is 36.4 Å². The van der Waals surface area contributed by atoms with Gasteiger partial charge in [-0.15, -0.1) is 0 Å². The second-order valence-electron chi connectivity index (χ2n) is 5.92. The number of hydrogen-bond acceptors (Lipinski definition) is 4. The van der Waals surface area contributed by atoms with Gasteiger partial charge in [0.1, 0.15) is 0 Å². The molecule has 1 fully saturated rings. The molecule has 0 saturated carbocycles. The molecule has 1 atom stereocenters. The SMILES string of the molecule is O=C(NCc1cccnc1)N[C@H]1CCCN1S(=O)(=O)c1ccc(Cl)cc1. The summed E-state index contributed by atoms with van der Waals surface area (Å²) in [5, 5.41) is 5.92. The first-order valence-corrected chi connectivity index (χ1v) is 9.99. The van der Waals surface area contributed by atoms with E-state index < -0.39 is 22.2 Å². The summed E-state index contributed by atoms with van der Waals surface area (Å²) in [7, 11) is -3.70. The molecule has 0 radical (unpaired) electrons. The minimum Gasteiger partial charge on any atom is -0.334 e. The average Bonchev–Trinajstić information content (AvgIpc) is 3.10. The molecule has 3 rings (SSSR count). The topological polar surface area (TPSA) is 91.4 Å². The molecule has 9 heteroatoms. The molecule has 0 spiro atoms. The van der Waals surface area contributed by atoms with Gasteiger partial charge in [-0.3, -0.25) is 4.98 Å². The number of pyridine rings is 1. The monoisotopic (exact) mass is 394 g/mol. The molecule has 1 aromatic carbocycles. The summed E-state index contributed by atoms with van der Waals surface area (Å²) < 4.78 is 27.0. The highest BCUT2D eigenvalue weighted by atomic mass is 35.5. The van der Waals surface area contributed by atoms with Crippen molar-refractivity contribution in [1.82, 2.24) is 19.9 Å². The van der Waals surface area contributed by atoms with E-state index in [0.717, 1.165) is 5.56 Å². The van der Waals surface area contributed by atoms with Crippen molar-refractivity contribution in [3.8, 4) is 0 Å². The van der Waals surface area contributed by atoms with Gasteiger partial charge in [0.25, 0.3) is 0 Å². The minimum atomic E-state index is -3.70. The first-order valence-electron chi connectivity index (χ1n) is 8.17. The van der Waals surface area contributed by atoms with Gasteiger partial charge in [-0.1, -0.05) is 17.7 Å². The fraction of sp³-hybridized carbons (Fsp3) is 0.294. The highest BCUT2D eigenvalue weighted by Gasteiger charge is 2.36. The number of nitrogens with one attached hydrogen (secondary N) is 2. The lowest BCUT2D eigenvalue weighted by atomic mass is 10.3. The van der Waals surface area contributed by atoms with Crippen LogP contribution in [0.4, 0.5) is 4.79 Å². The van der Waals surface area contributed by atoms with Gasteiger partial charge < -0.3 is 10.6 Å². The Morgan fingerprint density at radius 1 is 1.27 bits per heavy atom. The Bertz CT molecular complexity index is 859. The summed E-state index contributed by atoms with van der Waals surface area (Å²) in [4.78, 5) is 16.3. The van der Waals surface area contributed by atoms with Gasteiger partial charge in [-0.25, -0.2) is 13.2 Å².